The number of carbonyl (C=O) groups is 1. The van der Waals surface area contributed by atoms with E-state index < -0.39 is 0 Å². The Morgan fingerprint density at radius 2 is 2.25 bits per heavy atom. The Bertz CT molecular complexity index is 732. The number of thiophene rings is 1. The molecule has 20 heavy (non-hydrogen) atoms. The van der Waals surface area contributed by atoms with Gasteiger partial charge in [-0.25, -0.2) is 4.98 Å². The number of hydrogen-bond donors (Lipinski definition) is 1. The van der Waals surface area contributed by atoms with E-state index in [0.29, 0.717) is 30.2 Å². The summed E-state index contributed by atoms with van der Waals surface area (Å²) in [5.41, 5.74) is 1.19. The second-order valence-electron chi connectivity index (χ2n) is 4.86. The summed E-state index contributed by atoms with van der Waals surface area (Å²) in [5.74, 6) is 0.567. The molecule has 0 atom stereocenters. The third-order valence-corrected chi connectivity index (χ3v) is 4.63. The first-order chi connectivity index (χ1) is 9.58. The van der Waals surface area contributed by atoms with Crippen LogP contribution in [0.3, 0.4) is 0 Å². The molecule has 6 heteroatoms. The highest BCUT2D eigenvalue weighted by molar-refractivity contribution is 7.14. The van der Waals surface area contributed by atoms with Gasteiger partial charge >= 0.3 is 0 Å². The van der Waals surface area contributed by atoms with E-state index in [1.54, 1.807) is 11.8 Å². The van der Waals surface area contributed by atoms with Gasteiger partial charge in [-0.3, -0.25) is 9.59 Å². The number of H-pyrrole nitrogens is 1. The molecule has 1 N–H and O–H groups in total. The molecule has 1 aliphatic rings. The number of aromatic nitrogens is 2. The van der Waals surface area contributed by atoms with E-state index in [2.05, 4.69) is 16.9 Å². The molecule has 0 spiro atoms. The molecule has 0 saturated heterocycles. The normalized spacial score (nSPS) is 13.6. The van der Waals surface area contributed by atoms with E-state index in [9.17, 15) is 9.59 Å². The minimum Gasteiger partial charge on any atom is -0.327 e. The van der Waals surface area contributed by atoms with E-state index in [1.165, 1.54) is 16.2 Å². The molecular weight excluding hydrogens is 274 g/mol. The Hall–Kier alpha value is -1.95. The van der Waals surface area contributed by atoms with Gasteiger partial charge in [0.1, 0.15) is 5.82 Å². The highest BCUT2D eigenvalue weighted by atomic mass is 32.1. The molecular formula is C14H15N3O2S. The largest absolute Gasteiger partial charge is 0.327 e. The van der Waals surface area contributed by atoms with Crippen molar-refractivity contribution in [3.63, 3.8) is 0 Å². The van der Waals surface area contributed by atoms with Crippen molar-refractivity contribution in [2.45, 2.75) is 33.4 Å². The summed E-state index contributed by atoms with van der Waals surface area (Å²) in [6.07, 6.45) is 0.929. The van der Waals surface area contributed by atoms with E-state index in [0.717, 1.165) is 11.3 Å². The van der Waals surface area contributed by atoms with Crippen LogP contribution in [-0.4, -0.2) is 20.8 Å². The van der Waals surface area contributed by atoms with Crippen LogP contribution in [0, 0.1) is 6.92 Å². The number of aryl methyl sites for hydroxylation is 2. The molecule has 2 aromatic heterocycles. The van der Waals surface area contributed by atoms with Crippen LogP contribution in [0.1, 0.15) is 38.6 Å². The molecule has 0 aromatic carbocycles. The second-order valence-corrected chi connectivity index (χ2v) is 6.03. The van der Waals surface area contributed by atoms with Crippen molar-refractivity contribution in [2.24, 2.45) is 0 Å². The van der Waals surface area contributed by atoms with Gasteiger partial charge in [-0.2, -0.15) is 0 Å². The Labute approximate surface area is 120 Å². The first kappa shape index (κ1) is 13.1. The Morgan fingerprint density at radius 1 is 1.45 bits per heavy atom. The molecule has 5 nitrogen and oxygen atoms in total. The number of nitrogens with one attached hydrogen (secondary N) is 1. The minimum absolute atomic E-state index is 0.0234. The van der Waals surface area contributed by atoms with Gasteiger partial charge in [0.2, 0.25) is 0 Å². The van der Waals surface area contributed by atoms with Crippen LogP contribution in [0.25, 0.3) is 0 Å². The van der Waals surface area contributed by atoms with Crippen molar-refractivity contribution >= 4 is 17.2 Å². The fourth-order valence-corrected chi connectivity index (χ4v) is 3.29. The van der Waals surface area contributed by atoms with E-state index in [-0.39, 0.29) is 11.5 Å². The Kier molecular flexibility index (Phi) is 3.17. The minimum atomic E-state index is -0.136. The van der Waals surface area contributed by atoms with Gasteiger partial charge in [0, 0.05) is 4.88 Å². The van der Waals surface area contributed by atoms with Crippen LogP contribution in [0.2, 0.25) is 0 Å². The lowest BCUT2D eigenvalue weighted by Gasteiger charge is -2.13. The molecule has 0 radical (unpaired) electrons. The van der Waals surface area contributed by atoms with Gasteiger partial charge in [0.25, 0.3) is 11.5 Å². The lowest BCUT2D eigenvalue weighted by atomic mass is 10.3. The van der Waals surface area contributed by atoms with Gasteiger partial charge in [-0.15, -0.1) is 11.3 Å². The van der Waals surface area contributed by atoms with E-state index >= 15 is 0 Å². The molecule has 0 unspecified atom stereocenters. The van der Waals surface area contributed by atoms with Crippen LogP contribution in [0.5, 0.6) is 0 Å². The zero-order valence-electron chi connectivity index (χ0n) is 11.4. The summed E-state index contributed by atoms with van der Waals surface area (Å²) >= 11 is 1.52. The predicted molar refractivity (Wildman–Crippen MR) is 76.9 cm³/mol. The number of rotatable bonds is 2. The van der Waals surface area contributed by atoms with Crippen molar-refractivity contribution in [1.29, 1.82) is 0 Å². The van der Waals surface area contributed by atoms with Crippen LogP contribution in [-0.2, 0) is 19.5 Å². The van der Waals surface area contributed by atoms with Gasteiger partial charge in [0.15, 0.2) is 0 Å². The smallest absolute Gasteiger partial charge is 0.264 e. The SMILES string of the molecule is CCc1ccc(C(=O)N2Cc3nc(C)[nH]c(=O)c3C2)s1. The fourth-order valence-electron chi connectivity index (χ4n) is 2.37. The third-order valence-electron chi connectivity index (χ3n) is 3.42. The van der Waals surface area contributed by atoms with Gasteiger partial charge < -0.3 is 9.88 Å². The van der Waals surface area contributed by atoms with Crippen molar-refractivity contribution in [1.82, 2.24) is 14.9 Å². The summed E-state index contributed by atoms with van der Waals surface area (Å²) < 4.78 is 0. The lowest BCUT2D eigenvalue weighted by molar-refractivity contribution is 0.0755. The van der Waals surface area contributed by atoms with Gasteiger partial charge in [-0.05, 0) is 25.5 Å². The first-order valence-electron chi connectivity index (χ1n) is 6.55. The number of hydrogen-bond acceptors (Lipinski definition) is 4. The maximum Gasteiger partial charge on any atom is 0.264 e. The van der Waals surface area contributed by atoms with Gasteiger partial charge in [0.05, 0.1) is 29.2 Å². The van der Waals surface area contributed by atoms with Crippen LogP contribution in [0.4, 0.5) is 0 Å². The number of fused-ring (bicyclic) bond motifs is 1. The predicted octanol–water partition coefficient (Wildman–Crippen LogP) is 1.86. The summed E-state index contributed by atoms with van der Waals surface area (Å²) in [6, 6.07) is 3.84. The molecule has 0 fully saturated rings. The number of aromatic amines is 1. The number of carbonyl (C=O) groups excluding carboxylic acids is 1. The number of nitrogens with zero attached hydrogens (tertiary/aromatic N) is 2. The van der Waals surface area contributed by atoms with Crippen LogP contribution >= 0.6 is 11.3 Å². The summed E-state index contributed by atoms with van der Waals surface area (Å²) in [5, 5.41) is 0. The lowest BCUT2D eigenvalue weighted by Crippen LogP contribution is -2.25. The van der Waals surface area contributed by atoms with E-state index in [1.807, 2.05) is 12.1 Å². The van der Waals surface area contributed by atoms with Crippen molar-refractivity contribution in [3.8, 4) is 0 Å². The zero-order chi connectivity index (χ0) is 14.3. The highest BCUT2D eigenvalue weighted by Crippen LogP contribution is 2.24. The topological polar surface area (TPSA) is 66.1 Å². The molecule has 2 aromatic rings. The first-order valence-corrected chi connectivity index (χ1v) is 7.36. The zero-order valence-corrected chi connectivity index (χ0v) is 12.2. The Morgan fingerprint density at radius 3 is 2.95 bits per heavy atom. The monoisotopic (exact) mass is 289 g/mol. The van der Waals surface area contributed by atoms with Crippen LogP contribution in [0.15, 0.2) is 16.9 Å². The molecule has 3 heterocycles. The van der Waals surface area contributed by atoms with Crippen molar-refractivity contribution in [2.75, 3.05) is 0 Å². The average Bonchev–Trinajstić information content (AvgIpc) is 3.03. The molecule has 1 amide bonds. The van der Waals surface area contributed by atoms with Crippen molar-refractivity contribution in [3.05, 3.63) is 49.3 Å². The summed E-state index contributed by atoms with van der Waals surface area (Å²) in [7, 11) is 0. The second kappa shape index (κ2) is 4.86. The molecule has 0 aliphatic carbocycles. The molecule has 0 saturated carbocycles. The quantitative estimate of drug-likeness (QED) is 0.917. The summed E-state index contributed by atoms with van der Waals surface area (Å²) in [4.78, 5) is 34.9. The molecule has 104 valence electrons. The van der Waals surface area contributed by atoms with Gasteiger partial charge in [-0.1, -0.05) is 6.92 Å². The standard InChI is InChI=1S/C14H15N3O2S/c1-3-9-4-5-12(20-9)14(19)17-6-10-11(7-17)15-8(2)16-13(10)18/h4-5H,3,6-7H2,1-2H3,(H,15,16,18). The highest BCUT2D eigenvalue weighted by Gasteiger charge is 2.28. The molecule has 1 aliphatic heterocycles. The van der Waals surface area contributed by atoms with E-state index in [4.69, 9.17) is 0 Å². The van der Waals surface area contributed by atoms with Crippen molar-refractivity contribution < 1.29 is 4.79 Å². The molecule has 0 bridgehead atoms. The fraction of sp³-hybridized carbons (Fsp3) is 0.357. The maximum absolute atomic E-state index is 12.4. The Balaban J connectivity index is 1.86. The number of amides is 1. The molecule has 3 rings (SSSR count). The average molecular weight is 289 g/mol. The van der Waals surface area contributed by atoms with Crippen LogP contribution < -0.4 is 5.56 Å². The third kappa shape index (κ3) is 2.16. The summed E-state index contributed by atoms with van der Waals surface area (Å²) in [6.45, 7) is 4.57. The maximum atomic E-state index is 12.4.